The van der Waals surface area contributed by atoms with Crippen molar-refractivity contribution in [1.29, 1.82) is 0 Å². The molecule has 0 heterocycles. The molecule has 0 saturated heterocycles. The fourth-order valence-corrected chi connectivity index (χ4v) is 1.77. The molecule has 0 amide bonds. The van der Waals surface area contributed by atoms with Crippen LogP contribution in [-0.4, -0.2) is 0 Å². The predicted molar refractivity (Wildman–Crippen MR) is 48.6 cm³/mol. The molecule has 0 spiro atoms. The molecular formula is C7H4BrClF3N. The number of hydrogen-bond donors (Lipinski definition) is 1. The fraction of sp³-hybridized carbons (Fsp3) is 0.143. The summed E-state index contributed by atoms with van der Waals surface area (Å²) in [7, 11) is 0. The maximum absolute atomic E-state index is 12.3. The molecule has 0 saturated carbocycles. The van der Waals surface area contributed by atoms with Crippen molar-refractivity contribution in [2.24, 2.45) is 0 Å². The Labute approximate surface area is 85.8 Å². The zero-order valence-corrected chi connectivity index (χ0v) is 8.46. The van der Waals surface area contributed by atoms with Gasteiger partial charge in [0.05, 0.1) is 16.3 Å². The second-order valence-corrected chi connectivity index (χ2v) is 3.56. The third-order valence-electron chi connectivity index (χ3n) is 1.40. The Balaban J connectivity index is 3.43. The van der Waals surface area contributed by atoms with E-state index in [1.807, 2.05) is 0 Å². The molecule has 0 bridgehead atoms. The van der Waals surface area contributed by atoms with Gasteiger partial charge in [0.2, 0.25) is 0 Å². The van der Waals surface area contributed by atoms with E-state index in [4.69, 9.17) is 17.3 Å². The summed E-state index contributed by atoms with van der Waals surface area (Å²) < 4.78 is 36.8. The van der Waals surface area contributed by atoms with Gasteiger partial charge in [0, 0.05) is 4.47 Å². The Morgan fingerprint density at radius 3 is 2.23 bits per heavy atom. The van der Waals surface area contributed by atoms with E-state index in [0.29, 0.717) is 0 Å². The molecule has 0 radical (unpaired) electrons. The van der Waals surface area contributed by atoms with Gasteiger partial charge in [0.1, 0.15) is 0 Å². The van der Waals surface area contributed by atoms with E-state index in [2.05, 4.69) is 15.9 Å². The molecular weight excluding hydrogens is 270 g/mol. The molecule has 72 valence electrons. The molecule has 0 unspecified atom stereocenters. The van der Waals surface area contributed by atoms with Crippen molar-refractivity contribution in [3.8, 4) is 0 Å². The van der Waals surface area contributed by atoms with Gasteiger partial charge in [-0.3, -0.25) is 0 Å². The maximum atomic E-state index is 12.3. The summed E-state index contributed by atoms with van der Waals surface area (Å²) in [6.07, 6.45) is -4.49. The van der Waals surface area contributed by atoms with Crippen molar-refractivity contribution >= 4 is 33.2 Å². The van der Waals surface area contributed by atoms with E-state index in [1.54, 1.807) is 0 Å². The molecule has 1 nitrogen and oxygen atoms in total. The molecule has 6 heteroatoms. The van der Waals surface area contributed by atoms with Gasteiger partial charge in [-0.15, -0.1) is 0 Å². The van der Waals surface area contributed by atoms with Gasteiger partial charge in [0.25, 0.3) is 0 Å². The minimum Gasteiger partial charge on any atom is -0.398 e. The van der Waals surface area contributed by atoms with Crippen LogP contribution in [0.25, 0.3) is 0 Å². The Bertz CT molecular complexity index is 337. The van der Waals surface area contributed by atoms with Crippen LogP contribution in [0.1, 0.15) is 5.56 Å². The second-order valence-electron chi connectivity index (χ2n) is 2.32. The normalized spacial score (nSPS) is 11.8. The maximum Gasteiger partial charge on any atom is 0.419 e. The summed E-state index contributed by atoms with van der Waals surface area (Å²) in [6.45, 7) is 0. The Morgan fingerprint density at radius 1 is 1.31 bits per heavy atom. The topological polar surface area (TPSA) is 26.0 Å². The lowest BCUT2D eigenvalue weighted by molar-refractivity contribution is -0.138. The Kier molecular flexibility index (Phi) is 2.77. The lowest BCUT2D eigenvalue weighted by atomic mass is 10.2. The molecule has 1 aromatic carbocycles. The summed E-state index contributed by atoms with van der Waals surface area (Å²) in [5.74, 6) is 0. The van der Waals surface area contributed by atoms with E-state index in [-0.39, 0.29) is 10.2 Å². The SMILES string of the molecule is Nc1ccc(Br)c(C(F)(F)F)c1Cl. The highest BCUT2D eigenvalue weighted by Crippen LogP contribution is 2.41. The number of hydrogen-bond acceptors (Lipinski definition) is 1. The summed E-state index contributed by atoms with van der Waals surface area (Å²) in [5, 5.41) is -0.470. The van der Waals surface area contributed by atoms with Crippen molar-refractivity contribution in [2.45, 2.75) is 6.18 Å². The molecule has 0 aliphatic rings. The van der Waals surface area contributed by atoms with E-state index < -0.39 is 16.8 Å². The van der Waals surface area contributed by atoms with E-state index in [1.165, 1.54) is 12.1 Å². The smallest absolute Gasteiger partial charge is 0.398 e. The molecule has 1 aromatic rings. The predicted octanol–water partition coefficient (Wildman–Crippen LogP) is 3.70. The summed E-state index contributed by atoms with van der Waals surface area (Å²) in [5.41, 5.74) is 4.21. The van der Waals surface area contributed by atoms with Crippen LogP contribution in [0.15, 0.2) is 16.6 Å². The first-order chi connectivity index (χ1) is 5.84. The average Bonchev–Trinajstić information content (AvgIpc) is 1.95. The van der Waals surface area contributed by atoms with Gasteiger partial charge in [0.15, 0.2) is 0 Å². The Morgan fingerprint density at radius 2 is 1.85 bits per heavy atom. The molecule has 2 N–H and O–H groups in total. The number of nitrogen functional groups attached to an aromatic ring is 1. The monoisotopic (exact) mass is 273 g/mol. The lowest BCUT2D eigenvalue weighted by Crippen LogP contribution is -2.08. The molecule has 0 atom stereocenters. The molecule has 0 fully saturated rings. The first-order valence-corrected chi connectivity index (χ1v) is 4.32. The quantitative estimate of drug-likeness (QED) is 0.717. The van der Waals surface area contributed by atoms with Crippen LogP contribution in [0, 0.1) is 0 Å². The third-order valence-corrected chi connectivity index (χ3v) is 2.47. The third kappa shape index (κ3) is 2.08. The summed E-state index contributed by atoms with van der Waals surface area (Å²) in [6, 6.07) is 2.52. The molecule has 1 rings (SSSR count). The number of halogens is 5. The van der Waals surface area contributed by atoms with E-state index in [9.17, 15) is 13.2 Å². The molecule has 0 aliphatic carbocycles. The van der Waals surface area contributed by atoms with E-state index in [0.717, 1.165) is 0 Å². The van der Waals surface area contributed by atoms with Crippen LogP contribution in [0.2, 0.25) is 5.02 Å². The molecule has 0 aliphatic heterocycles. The highest BCUT2D eigenvalue weighted by Gasteiger charge is 2.36. The number of nitrogens with two attached hydrogens (primary N) is 1. The number of anilines is 1. The second kappa shape index (κ2) is 3.38. The van der Waals surface area contributed by atoms with Gasteiger partial charge in [-0.1, -0.05) is 27.5 Å². The number of alkyl halides is 3. The van der Waals surface area contributed by atoms with Crippen molar-refractivity contribution in [2.75, 3.05) is 5.73 Å². The van der Waals surface area contributed by atoms with Gasteiger partial charge in [-0.2, -0.15) is 13.2 Å². The average molecular weight is 274 g/mol. The largest absolute Gasteiger partial charge is 0.419 e. The standard InChI is InChI=1S/C7H4BrClF3N/c8-3-1-2-4(13)6(9)5(3)7(10,11)12/h1-2H,13H2. The lowest BCUT2D eigenvalue weighted by Gasteiger charge is -2.12. The van der Waals surface area contributed by atoms with Crippen molar-refractivity contribution in [3.63, 3.8) is 0 Å². The van der Waals surface area contributed by atoms with Gasteiger partial charge in [-0.05, 0) is 12.1 Å². The summed E-state index contributed by atoms with van der Waals surface area (Å²) in [4.78, 5) is 0. The van der Waals surface area contributed by atoms with Crippen LogP contribution in [-0.2, 0) is 6.18 Å². The Hall–Kier alpha value is -0.420. The fourth-order valence-electron chi connectivity index (χ4n) is 0.828. The van der Waals surface area contributed by atoms with E-state index >= 15 is 0 Å². The van der Waals surface area contributed by atoms with Crippen LogP contribution in [0.3, 0.4) is 0 Å². The molecule has 13 heavy (non-hydrogen) atoms. The highest BCUT2D eigenvalue weighted by molar-refractivity contribution is 9.10. The number of benzene rings is 1. The van der Waals surface area contributed by atoms with Crippen LogP contribution < -0.4 is 5.73 Å². The number of rotatable bonds is 0. The first-order valence-electron chi connectivity index (χ1n) is 3.14. The van der Waals surface area contributed by atoms with Crippen LogP contribution in [0.4, 0.5) is 18.9 Å². The van der Waals surface area contributed by atoms with Crippen LogP contribution in [0.5, 0.6) is 0 Å². The minimum absolute atomic E-state index is 0.0859. The minimum atomic E-state index is -4.49. The van der Waals surface area contributed by atoms with Crippen molar-refractivity contribution in [1.82, 2.24) is 0 Å². The highest BCUT2D eigenvalue weighted by atomic mass is 79.9. The molecule has 0 aromatic heterocycles. The summed E-state index contributed by atoms with van der Waals surface area (Å²) >= 11 is 8.17. The van der Waals surface area contributed by atoms with Gasteiger partial charge in [-0.25, -0.2) is 0 Å². The van der Waals surface area contributed by atoms with Crippen molar-refractivity contribution in [3.05, 3.63) is 27.2 Å². The van der Waals surface area contributed by atoms with Crippen molar-refractivity contribution < 1.29 is 13.2 Å². The van der Waals surface area contributed by atoms with Gasteiger partial charge < -0.3 is 5.73 Å². The van der Waals surface area contributed by atoms with Crippen LogP contribution >= 0.6 is 27.5 Å². The zero-order chi connectivity index (χ0) is 10.2. The first kappa shape index (κ1) is 10.7. The zero-order valence-electron chi connectivity index (χ0n) is 6.12. The van der Waals surface area contributed by atoms with Gasteiger partial charge >= 0.3 is 6.18 Å².